The van der Waals surface area contributed by atoms with E-state index in [-0.39, 0.29) is 5.41 Å². The predicted molar refractivity (Wildman–Crippen MR) is 69.6 cm³/mol. The fraction of sp³-hybridized carbons (Fsp3) is 1.00. The van der Waals surface area contributed by atoms with E-state index in [1.165, 1.54) is 25.7 Å². The van der Waals surface area contributed by atoms with Crippen molar-refractivity contribution in [2.45, 2.75) is 58.1 Å². The van der Waals surface area contributed by atoms with Gasteiger partial charge in [0.15, 0.2) is 0 Å². The molecular formula is C14H22B2. The van der Waals surface area contributed by atoms with Gasteiger partial charge in [0.1, 0.15) is 0 Å². The van der Waals surface area contributed by atoms with Crippen LogP contribution in [0, 0.1) is 28.6 Å². The minimum atomic E-state index is -0.465. The zero-order valence-electron chi connectivity index (χ0n) is 10.9. The largest absolute Gasteiger partial charge is 0.0911 e. The van der Waals surface area contributed by atoms with Gasteiger partial charge in [0, 0.05) is 0 Å². The topological polar surface area (TPSA) is 0 Å². The second-order valence-corrected chi connectivity index (χ2v) is 7.29. The molecule has 3 saturated carbocycles. The summed E-state index contributed by atoms with van der Waals surface area (Å²) < 4.78 is 0. The second kappa shape index (κ2) is 2.93. The zero-order valence-corrected chi connectivity index (χ0v) is 10.9. The van der Waals surface area contributed by atoms with Crippen molar-refractivity contribution < 1.29 is 0 Å². The molecule has 0 aromatic carbocycles. The molecule has 0 aromatic heterocycles. The SMILES string of the molecule is [B]C([B])(C1CC2CCC23CC13)C(C)(C)CC. The highest BCUT2D eigenvalue weighted by Gasteiger charge is 2.72. The van der Waals surface area contributed by atoms with Crippen LogP contribution in [-0.4, -0.2) is 15.7 Å². The van der Waals surface area contributed by atoms with Crippen LogP contribution >= 0.6 is 0 Å². The Labute approximate surface area is 103 Å². The molecule has 4 unspecified atom stereocenters. The summed E-state index contributed by atoms with van der Waals surface area (Å²) >= 11 is 0. The van der Waals surface area contributed by atoms with Gasteiger partial charge in [0.05, 0.1) is 15.7 Å². The molecule has 16 heavy (non-hydrogen) atoms. The molecule has 0 saturated heterocycles. The zero-order chi connectivity index (χ0) is 11.8. The Kier molecular flexibility index (Phi) is 2.05. The lowest BCUT2D eigenvalue weighted by atomic mass is 9.37. The molecule has 0 amide bonds. The lowest BCUT2D eigenvalue weighted by molar-refractivity contribution is 0.158. The van der Waals surface area contributed by atoms with Gasteiger partial charge in [-0.3, -0.25) is 0 Å². The average molecular weight is 212 g/mol. The molecule has 84 valence electrons. The Balaban J connectivity index is 1.83. The lowest BCUT2D eigenvalue weighted by Crippen LogP contribution is -2.39. The van der Waals surface area contributed by atoms with Crippen LogP contribution in [0.2, 0.25) is 5.21 Å². The Morgan fingerprint density at radius 2 is 2.00 bits per heavy atom. The molecule has 0 nitrogen and oxygen atoms in total. The highest BCUT2D eigenvalue weighted by atomic mass is 14.8. The maximum atomic E-state index is 6.55. The molecule has 3 aliphatic carbocycles. The Hall–Kier alpha value is 0.130. The van der Waals surface area contributed by atoms with E-state index >= 15 is 0 Å². The molecule has 1 spiro atoms. The molecule has 2 heteroatoms. The minimum Gasteiger partial charge on any atom is -0.0911 e. The van der Waals surface area contributed by atoms with Crippen molar-refractivity contribution in [3.8, 4) is 0 Å². The molecule has 4 atom stereocenters. The number of hydrogen-bond donors (Lipinski definition) is 0. The highest BCUT2D eigenvalue weighted by Crippen LogP contribution is 2.81. The summed E-state index contributed by atoms with van der Waals surface area (Å²) in [4.78, 5) is 0. The first-order chi connectivity index (χ1) is 7.35. The van der Waals surface area contributed by atoms with Gasteiger partial charge < -0.3 is 0 Å². The molecule has 3 rings (SSSR count). The molecule has 0 bridgehead atoms. The highest BCUT2D eigenvalue weighted by molar-refractivity contribution is 6.40. The normalized spacial score (nSPS) is 45.8. The summed E-state index contributed by atoms with van der Waals surface area (Å²) in [6.45, 7) is 6.69. The number of hydrogen-bond acceptors (Lipinski definition) is 0. The van der Waals surface area contributed by atoms with Crippen LogP contribution in [0.4, 0.5) is 0 Å². The molecular weight excluding hydrogens is 190 g/mol. The van der Waals surface area contributed by atoms with Gasteiger partial charge in [-0.15, -0.1) is 0 Å². The first-order valence-corrected chi connectivity index (χ1v) is 6.93. The molecule has 0 aliphatic heterocycles. The van der Waals surface area contributed by atoms with Crippen molar-refractivity contribution in [3.05, 3.63) is 0 Å². The number of rotatable bonds is 3. The van der Waals surface area contributed by atoms with Gasteiger partial charge in [-0.2, -0.15) is 0 Å². The average Bonchev–Trinajstić information content (AvgIpc) is 2.89. The van der Waals surface area contributed by atoms with Gasteiger partial charge in [-0.25, -0.2) is 0 Å². The van der Waals surface area contributed by atoms with E-state index in [2.05, 4.69) is 20.8 Å². The van der Waals surface area contributed by atoms with Crippen LogP contribution in [0.5, 0.6) is 0 Å². The fourth-order valence-corrected chi connectivity index (χ4v) is 4.53. The Bertz CT molecular complexity index is 321. The maximum absolute atomic E-state index is 6.55. The van der Waals surface area contributed by atoms with Crippen molar-refractivity contribution in [2.24, 2.45) is 28.6 Å². The molecule has 0 aromatic rings. The van der Waals surface area contributed by atoms with E-state index in [0.29, 0.717) is 5.92 Å². The van der Waals surface area contributed by atoms with Crippen LogP contribution in [0.1, 0.15) is 52.9 Å². The van der Waals surface area contributed by atoms with Crippen LogP contribution in [0.25, 0.3) is 0 Å². The van der Waals surface area contributed by atoms with Gasteiger partial charge in [-0.05, 0) is 54.3 Å². The van der Waals surface area contributed by atoms with Gasteiger partial charge in [0.2, 0.25) is 0 Å². The van der Waals surface area contributed by atoms with E-state index < -0.39 is 5.21 Å². The summed E-state index contributed by atoms with van der Waals surface area (Å²) in [7, 11) is 13.1. The van der Waals surface area contributed by atoms with Gasteiger partial charge in [0.25, 0.3) is 0 Å². The predicted octanol–water partition coefficient (Wildman–Crippen LogP) is 3.31. The third-order valence-corrected chi connectivity index (χ3v) is 6.64. The standard InChI is InChI=1S/C14H22B2/c1-4-12(2,3)14(15,16)10-7-9-5-6-13(9)8-11(10)13/h9-11H,4-8H2,1-3H3. The van der Waals surface area contributed by atoms with Crippen molar-refractivity contribution >= 4 is 15.7 Å². The van der Waals surface area contributed by atoms with E-state index in [4.69, 9.17) is 15.7 Å². The minimum absolute atomic E-state index is 0.0607. The quantitative estimate of drug-likeness (QED) is 0.629. The van der Waals surface area contributed by atoms with Crippen LogP contribution < -0.4 is 0 Å². The monoisotopic (exact) mass is 212 g/mol. The third kappa shape index (κ3) is 1.10. The van der Waals surface area contributed by atoms with E-state index in [1.54, 1.807) is 0 Å². The molecule has 4 radical (unpaired) electrons. The Morgan fingerprint density at radius 1 is 1.31 bits per heavy atom. The summed E-state index contributed by atoms with van der Waals surface area (Å²) in [5, 5.41) is -0.465. The Morgan fingerprint density at radius 3 is 2.31 bits per heavy atom. The smallest absolute Gasteiger partial charge is 0.0631 e. The third-order valence-electron chi connectivity index (χ3n) is 6.64. The lowest BCUT2D eigenvalue weighted by Gasteiger charge is -2.48. The van der Waals surface area contributed by atoms with Gasteiger partial charge >= 0.3 is 0 Å². The van der Waals surface area contributed by atoms with Crippen LogP contribution in [-0.2, 0) is 0 Å². The maximum Gasteiger partial charge on any atom is 0.0631 e. The molecule has 0 heterocycles. The van der Waals surface area contributed by atoms with Crippen molar-refractivity contribution in [2.75, 3.05) is 0 Å². The van der Waals surface area contributed by atoms with Crippen molar-refractivity contribution in [3.63, 3.8) is 0 Å². The second-order valence-electron chi connectivity index (χ2n) is 7.29. The summed E-state index contributed by atoms with van der Waals surface area (Å²) in [6.07, 6.45) is 6.71. The van der Waals surface area contributed by atoms with Crippen molar-refractivity contribution in [1.29, 1.82) is 0 Å². The van der Waals surface area contributed by atoms with Crippen molar-refractivity contribution in [1.82, 2.24) is 0 Å². The molecule has 3 aliphatic rings. The summed E-state index contributed by atoms with van der Waals surface area (Å²) in [6, 6.07) is 0. The van der Waals surface area contributed by atoms with Crippen LogP contribution in [0.3, 0.4) is 0 Å². The molecule has 3 fully saturated rings. The fourth-order valence-electron chi connectivity index (χ4n) is 4.53. The van der Waals surface area contributed by atoms with Crippen LogP contribution in [0.15, 0.2) is 0 Å². The van der Waals surface area contributed by atoms with E-state index in [0.717, 1.165) is 23.7 Å². The first-order valence-electron chi connectivity index (χ1n) is 6.93. The van der Waals surface area contributed by atoms with Gasteiger partial charge in [-0.1, -0.05) is 32.4 Å². The summed E-state index contributed by atoms with van der Waals surface area (Å²) in [5.74, 6) is 2.42. The van der Waals surface area contributed by atoms with E-state index in [1.807, 2.05) is 0 Å². The first kappa shape index (κ1) is 11.2. The summed E-state index contributed by atoms with van der Waals surface area (Å²) in [5.41, 5.74) is 0.795. The van der Waals surface area contributed by atoms with E-state index in [9.17, 15) is 0 Å². The molecule has 0 N–H and O–H groups in total.